The fourth-order valence-electron chi connectivity index (χ4n) is 2.76. The van der Waals surface area contributed by atoms with E-state index >= 15 is 0 Å². The summed E-state index contributed by atoms with van der Waals surface area (Å²) >= 11 is 0. The van der Waals surface area contributed by atoms with Crippen molar-refractivity contribution >= 4 is 20.6 Å². The Hall–Kier alpha value is -2.92. The summed E-state index contributed by atoms with van der Waals surface area (Å²) in [6.45, 7) is 0. The van der Waals surface area contributed by atoms with Gasteiger partial charge >= 0.3 is 0 Å². The molecule has 0 bridgehead atoms. The number of nitrogens with zero attached hydrogens (tertiary/aromatic N) is 1. The van der Waals surface area contributed by atoms with Crippen LogP contribution in [-0.4, -0.2) is 13.6 Å². The van der Waals surface area contributed by atoms with Crippen LogP contribution < -0.4 is 0 Å². The van der Waals surface area contributed by atoms with E-state index < -0.39 is 9.84 Å². The van der Waals surface area contributed by atoms with Gasteiger partial charge in [-0.25, -0.2) is 8.42 Å². The number of sulfone groups is 1. The van der Waals surface area contributed by atoms with E-state index in [0.29, 0.717) is 11.5 Å². The smallest absolute Gasteiger partial charge is 0.184 e. The Labute approximate surface area is 145 Å². The second kappa shape index (κ2) is 6.18. The van der Waals surface area contributed by atoms with E-state index in [1.165, 1.54) is 0 Å². The molecule has 0 spiro atoms. The molecule has 0 radical (unpaired) electrons. The van der Waals surface area contributed by atoms with Gasteiger partial charge in [0.25, 0.3) is 0 Å². The summed E-state index contributed by atoms with van der Waals surface area (Å²) in [5.41, 5.74) is 1.26. The van der Waals surface area contributed by atoms with E-state index in [1.54, 1.807) is 18.2 Å². The molecule has 1 aromatic heterocycles. The van der Waals surface area contributed by atoms with Gasteiger partial charge in [0.2, 0.25) is 0 Å². The lowest BCUT2D eigenvalue weighted by atomic mass is 10.1. The van der Waals surface area contributed by atoms with Gasteiger partial charge in [0, 0.05) is 11.6 Å². The molecule has 4 rings (SSSR count). The first-order valence-corrected chi connectivity index (χ1v) is 9.50. The lowest BCUT2D eigenvalue weighted by molar-refractivity contribution is 0.426. The predicted molar refractivity (Wildman–Crippen MR) is 96.8 cm³/mol. The topological polar surface area (TPSA) is 60.2 Å². The van der Waals surface area contributed by atoms with Crippen LogP contribution in [0.1, 0.15) is 5.69 Å². The summed E-state index contributed by atoms with van der Waals surface area (Å²) in [4.78, 5) is 0.287. The van der Waals surface area contributed by atoms with Gasteiger partial charge in [-0.05, 0) is 22.9 Å². The first-order valence-electron chi connectivity index (χ1n) is 7.84. The Morgan fingerprint density at radius 2 is 1.52 bits per heavy atom. The first kappa shape index (κ1) is 15.6. The van der Waals surface area contributed by atoms with Crippen LogP contribution in [0.5, 0.6) is 0 Å². The molecule has 0 amide bonds. The summed E-state index contributed by atoms with van der Waals surface area (Å²) in [5.74, 6) is 0.367. The molecule has 0 N–H and O–H groups in total. The van der Waals surface area contributed by atoms with Gasteiger partial charge in [-0.2, -0.15) is 0 Å². The van der Waals surface area contributed by atoms with Crippen molar-refractivity contribution < 1.29 is 12.9 Å². The fraction of sp³-hybridized carbons (Fsp3) is 0.0500. The standard InChI is InChI=1S/C20H15NO3S/c22-25(23,19-11-10-15-6-4-5-9-17(15)12-19)14-18-13-20(24-21-18)16-7-2-1-3-8-16/h1-13H,14H2. The van der Waals surface area contributed by atoms with Gasteiger partial charge in [-0.1, -0.05) is 65.8 Å². The number of hydrogen-bond acceptors (Lipinski definition) is 4. The lowest BCUT2D eigenvalue weighted by Crippen LogP contribution is -2.05. The van der Waals surface area contributed by atoms with Gasteiger partial charge in [0.1, 0.15) is 5.75 Å². The largest absolute Gasteiger partial charge is 0.356 e. The van der Waals surface area contributed by atoms with Crippen molar-refractivity contribution in [2.45, 2.75) is 10.6 Å². The van der Waals surface area contributed by atoms with Crippen LogP contribution in [0.4, 0.5) is 0 Å². The molecule has 0 fully saturated rings. The Morgan fingerprint density at radius 3 is 2.32 bits per heavy atom. The molecule has 0 unspecified atom stereocenters. The normalized spacial score (nSPS) is 11.7. The van der Waals surface area contributed by atoms with Crippen molar-refractivity contribution in [3.63, 3.8) is 0 Å². The van der Waals surface area contributed by atoms with E-state index in [1.807, 2.05) is 60.7 Å². The van der Waals surface area contributed by atoms with E-state index in [0.717, 1.165) is 16.3 Å². The molecule has 0 aliphatic heterocycles. The summed E-state index contributed by atoms with van der Waals surface area (Å²) in [5, 5.41) is 5.82. The average Bonchev–Trinajstić information content (AvgIpc) is 3.10. The van der Waals surface area contributed by atoms with Crippen LogP contribution in [0.3, 0.4) is 0 Å². The quantitative estimate of drug-likeness (QED) is 0.545. The molecule has 0 saturated carbocycles. The monoisotopic (exact) mass is 349 g/mol. The van der Waals surface area contributed by atoms with Crippen molar-refractivity contribution in [1.82, 2.24) is 5.16 Å². The molecule has 0 aliphatic rings. The van der Waals surface area contributed by atoms with E-state index in [2.05, 4.69) is 5.16 Å². The second-order valence-electron chi connectivity index (χ2n) is 5.82. The maximum Gasteiger partial charge on any atom is 0.184 e. The summed E-state index contributed by atoms with van der Waals surface area (Å²) in [6.07, 6.45) is 0. The summed E-state index contributed by atoms with van der Waals surface area (Å²) in [7, 11) is -3.50. The summed E-state index contributed by atoms with van der Waals surface area (Å²) in [6, 6.07) is 24.0. The van der Waals surface area contributed by atoms with E-state index in [-0.39, 0.29) is 10.6 Å². The van der Waals surface area contributed by atoms with Crippen LogP contribution in [0.25, 0.3) is 22.1 Å². The number of hydrogen-bond donors (Lipinski definition) is 0. The third kappa shape index (κ3) is 3.19. The molecule has 1 heterocycles. The zero-order chi connectivity index (χ0) is 17.3. The molecule has 0 saturated heterocycles. The van der Waals surface area contributed by atoms with Gasteiger partial charge in [0.15, 0.2) is 15.6 Å². The third-order valence-corrected chi connectivity index (χ3v) is 5.68. The molecule has 124 valence electrons. The Kier molecular flexibility index (Phi) is 3.86. The minimum atomic E-state index is -3.50. The fourth-order valence-corrected chi connectivity index (χ4v) is 4.03. The highest BCUT2D eigenvalue weighted by molar-refractivity contribution is 7.90. The zero-order valence-electron chi connectivity index (χ0n) is 13.3. The van der Waals surface area contributed by atoms with Crippen LogP contribution >= 0.6 is 0 Å². The maximum absolute atomic E-state index is 12.7. The van der Waals surface area contributed by atoms with Crippen molar-refractivity contribution in [3.05, 3.63) is 84.6 Å². The second-order valence-corrected chi connectivity index (χ2v) is 7.81. The van der Waals surface area contributed by atoms with Crippen LogP contribution in [-0.2, 0) is 15.6 Å². The zero-order valence-corrected chi connectivity index (χ0v) is 14.1. The van der Waals surface area contributed by atoms with Gasteiger partial charge < -0.3 is 4.52 Å². The van der Waals surface area contributed by atoms with Crippen LogP contribution in [0, 0.1) is 0 Å². The highest BCUT2D eigenvalue weighted by Gasteiger charge is 2.19. The first-order chi connectivity index (χ1) is 12.1. The molecule has 4 nitrogen and oxygen atoms in total. The SMILES string of the molecule is O=S(=O)(Cc1cc(-c2ccccc2)on1)c1ccc2ccccc2c1. The highest BCUT2D eigenvalue weighted by Crippen LogP contribution is 2.24. The third-order valence-electron chi connectivity index (χ3n) is 4.04. The van der Waals surface area contributed by atoms with Gasteiger partial charge in [0.05, 0.1) is 10.6 Å². The van der Waals surface area contributed by atoms with E-state index in [9.17, 15) is 8.42 Å². The van der Waals surface area contributed by atoms with Crippen molar-refractivity contribution in [3.8, 4) is 11.3 Å². The Morgan fingerprint density at radius 1 is 0.800 bits per heavy atom. The molecule has 0 aliphatic carbocycles. The number of rotatable bonds is 4. The minimum absolute atomic E-state index is 0.193. The van der Waals surface area contributed by atoms with Crippen LogP contribution in [0.2, 0.25) is 0 Å². The Bertz CT molecular complexity index is 1130. The molecule has 3 aromatic carbocycles. The summed E-state index contributed by atoms with van der Waals surface area (Å²) < 4.78 is 30.7. The van der Waals surface area contributed by atoms with Crippen molar-refractivity contribution in [2.75, 3.05) is 0 Å². The van der Waals surface area contributed by atoms with E-state index in [4.69, 9.17) is 4.52 Å². The van der Waals surface area contributed by atoms with Crippen molar-refractivity contribution in [2.24, 2.45) is 0 Å². The molecule has 4 aromatic rings. The highest BCUT2D eigenvalue weighted by atomic mass is 32.2. The number of aromatic nitrogens is 1. The molecule has 0 atom stereocenters. The molecule has 5 heteroatoms. The Balaban J connectivity index is 1.64. The molecule has 25 heavy (non-hydrogen) atoms. The molecular weight excluding hydrogens is 334 g/mol. The lowest BCUT2D eigenvalue weighted by Gasteiger charge is -2.04. The van der Waals surface area contributed by atoms with Crippen LogP contribution in [0.15, 0.2) is 88.3 Å². The minimum Gasteiger partial charge on any atom is -0.356 e. The van der Waals surface area contributed by atoms with Crippen molar-refractivity contribution in [1.29, 1.82) is 0 Å². The number of benzene rings is 3. The average molecular weight is 349 g/mol. The van der Waals surface area contributed by atoms with Gasteiger partial charge in [-0.3, -0.25) is 0 Å². The molecular formula is C20H15NO3S. The predicted octanol–water partition coefficient (Wildman–Crippen LogP) is 4.47. The number of fused-ring (bicyclic) bond motifs is 1. The van der Waals surface area contributed by atoms with Gasteiger partial charge in [-0.15, -0.1) is 0 Å². The maximum atomic E-state index is 12.7.